The van der Waals surface area contributed by atoms with Gasteiger partial charge in [-0.15, -0.1) is 11.3 Å². The van der Waals surface area contributed by atoms with Crippen molar-refractivity contribution in [2.45, 2.75) is 26.3 Å². The molecule has 0 saturated carbocycles. The molecule has 2 atom stereocenters. The molecule has 17 heavy (non-hydrogen) atoms. The Bertz CT molecular complexity index is 434. The van der Waals surface area contributed by atoms with E-state index in [-0.39, 0.29) is 5.91 Å². The van der Waals surface area contributed by atoms with Gasteiger partial charge in [-0.05, 0) is 30.2 Å². The van der Waals surface area contributed by atoms with Crippen molar-refractivity contribution in [3.8, 4) is 0 Å². The normalized spacial score (nSPS) is 24.4. The predicted octanol–water partition coefficient (Wildman–Crippen LogP) is 3.96. The number of halogens is 2. The second kappa shape index (κ2) is 5.29. The molecule has 2 rings (SSSR count). The summed E-state index contributed by atoms with van der Waals surface area (Å²) in [6, 6.07) is 0.293. The quantitative estimate of drug-likeness (QED) is 0.749. The fraction of sp³-hybridized carbons (Fsp3) is 0.583. The SMILES string of the molecule is Cc1csc(C(=O)N2CCC(C)C2CBr)c1Cl. The number of carbonyl (C=O) groups is 1. The highest BCUT2D eigenvalue weighted by Gasteiger charge is 2.35. The van der Waals surface area contributed by atoms with Gasteiger partial charge in [0.1, 0.15) is 4.88 Å². The molecule has 0 spiro atoms. The molecule has 1 fully saturated rings. The van der Waals surface area contributed by atoms with E-state index in [1.807, 2.05) is 17.2 Å². The molecule has 2 nitrogen and oxygen atoms in total. The molecule has 0 N–H and O–H groups in total. The van der Waals surface area contributed by atoms with Gasteiger partial charge >= 0.3 is 0 Å². The Kier molecular flexibility index (Phi) is 4.16. The zero-order chi connectivity index (χ0) is 12.6. The van der Waals surface area contributed by atoms with Crippen LogP contribution in [0.1, 0.15) is 28.6 Å². The zero-order valence-electron chi connectivity index (χ0n) is 9.87. The molecule has 5 heteroatoms. The Labute approximate surface area is 119 Å². The number of likely N-dealkylation sites (tertiary alicyclic amines) is 1. The maximum Gasteiger partial charge on any atom is 0.265 e. The second-order valence-electron chi connectivity index (χ2n) is 4.55. The van der Waals surface area contributed by atoms with Crippen molar-refractivity contribution in [2.75, 3.05) is 11.9 Å². The molecule has 1 saturated heterocycles. The van der Waals surface area contributed by atoms with Gasteiger partial charge < -0.3 is 4.90 Å². The minimum Gasteiger partial charge on any atom is -0.334 e. The summed E-state index contributed by atoms with van der Waals surface area (Å²) >= 11 is 11.1. The van der Waals surface area contributed by atoms with Crippen LogP contribution in [0.4, 0.5) is 0 Å². The van der Waals surface area contributed by atoms with Crippen LogP contribution in [-0.4, -0.2) is 28.7 Å². The smallest absolute Gasteiger partial charge is 0.265 e. The van der Waals surface area contributed by atoms with Gasteiger partial charge in [0, 0.05) is 17.9 Å². The molecule has 94 valence electrons. The van der Waals surface area contributed by atoms with Crippen molar-refractivity contribution in [2.24, 2.45) is 5.92 Å². The number of hydrogen-bond donors (Lipinski definition) is 0. The number of hydrogen-bond acceptors (Lipinski definition) is 2. The van der Waals surface area contributed by atoms with Crippen molar-refractivity contribution in [3.63, 3.8) is 0 Å². The summed E-state index contributed by atoms with van der Waals surface area (Å²) in [7, 11) is 0. The summed E-state index contributed by atoms with van der Waals surface area (Å²) in [5.74, 6) is 0.639. The van der Waals surface area contributed by atoms with E-state index in [0.29, 0.717) is 21.9 Å². The van der Waals surface area contributed by atoms with E-state index in [1.165, 1.54) is 11.3 Å². The standard InChI is InChI=1S/C12H15BrClNOS/c1-7-3-4-15(9(7)5-13)12(16)11-10(14)8(2)6-17-11/h6-7,9H,3-5H2,1-2H3. The van der Waals surface area contributed by atoms with Crippen LogP contribution in [0.15, 0.2) is 5.38 Å². The highest BCUT2D eigenvalue weighted by molar-refractivity contribution is 9.09. The molecule has 0 bridgehead atoms. The lowest BCUT2D eigenvalue weighted by Crippen LogP contribution is -2.38. The van der Waals surface area contributed by atoms with Crippen LogP contribution < -0.4 is 0 Å². The fourth-order valence-electron chi connectivity index (χ4n) is 2.20. The molecule has 0 aromatic carbocycles. The van der Waals surface area contributed by atoms with Crippen LogP contribution in [0, 0.1) is 12.8 Å². The van der Waals surface area contributed by atoms with E-state index in [2.05, 4.69) is 22.9 Å². The number of amides is 1. The topological polar surface area (TPSA) is 20.3 Å². The fourth-order valence-corrected chi connectivity index (χ4v) is 4.42. The van der Waals surface area contributed by atoms with Crippen LogP contribution in [-0.2, 0) is 0 Å². The maximum atomic E-state index is 12.4. The van der Waals surface area contributed by atoms with Gasteiger partial charge in [-0.25, -0.2) is 0 Å². The van der Waals surface area contributed by atoms with Crippen molar-refractivity contribution in [3.05, 3.63) is 20.8 Å². The summed E-state index contributed by atoms with van der Waals surface area (Å²) in [5.41, 5.74) is 0.989. The third kappa shape index (κ3) is 2.40. The molecule has 1 aliphatic rings. The molecule has 1 amide bonds. The number of carbonyl (C=O) groups excluding carboxylic acids is 1. The first-order chi connectivity index (χ1) is 8.06. The van der Waals surface area contributed by atoms with Gasteiger partial charge in [0.05, 0.1) is 5.02 Å². The molecule has 2 unspecified atom stereocenters. The van der Waals surface area contributed by atoms with Gasteiger partial charge in [0.25, 0.3) is 5.91 Å². The monoisotopic (exact) mass is 335 g/mol. The van der Waals surface area contributed by atoms with Gasteiger partial charge in [-0.3, -0.25) is 4.79 Å². The van der Waals surface area contributed by atoms with Crippen LogP contribution in [0.3, 0.4) is 0 Å². The van der Waals surface area contributed by atoms with Crippen LogP contribution in [0.25, 0.3) is 0 Å². The molecular formula is C12H15BrClNOS. The van der Waals surface area contributed by atoms with E-state index in [0.717, 1.165) is 23.9 Å². The molecule has 0 radical (unpaired) electrons. The van der Waals surface area contributed by atoms with E-state index in [1.54, 1.807) is 0 Å². The largest absolute Gasteiger partial charge is 0.334 e. The van der Waals surface area contributed by atoms with E-state index < -0.39 is 0 Å². The lowest BCUT2D eigenvalue weighted by molar-refractivity contribution is 0.0743. The number of aryl methyl sites for hydroxylation is 1. The zero-order valence-corrected chi connectivity index (χ0v) is 13.0. The van der Waals surface area contributed by atoms with Crippen molar-refractivity contribution >= 4 is 44.8 Å². The Morgan fingerprint density at radius 2 is 2.41 bits per heavy atom. The third-order valence-corrected chi connectivity index (χ3v) is 5.74. The van der Waals surface area contributed by atoms with Crippen LogP contribution in [0.5, 0.6) is 0 Å². The molecule has 1 aromatic heterocycles. The summed E-state index contributed by atoms with van der Waals surface area (Å²) < 4.78 is 0. The molecule has 2 heterocycles. The summed E-state index contributed by atoms with van der Waals surface area (Å²) in [6.07, 6.45) is 1.07. The lowest BCUT2D eigenvalue weighted by Gasteiger charge is -2.24. The average Bonchev–Trinajstić information content (AvgIpc) is 2.83. The van der Waals surface area contributed by atoms with Crippen LogP contribution >= 0.6 is 38.9 Å². The number of thiophene rings is 1. The Morgan fingerprint density at radius 1 is 1.71 bits per heavy atom. The summed E-state index contributed by atoms with van der Waals surface area (Å²) in [6.45, 7) is 4.97. The first-order valence-corrected chi connectivity index (χ1v) is 8.04. The molecule has 0 aliphatic carbocycles. The third-order valence-electron chi connectivity index (χ3n) is 3.39. The van der Waals surface area contributed by atoms with Crippen molar-refractivity contribution in [1.82, 2.24) is 4.90 Å². The highest BCUT2D eigenvalue weighted by atomic mass is 79.9. The first-order valence-electron chi connectivity index (χ1n) is 5.66. The Hall–Kier alpha value is -0.0600. The second-order valence-corrected chi connectivity index (χ2v) is 6.45. The maximum absolute atomic E-state index is 12.4. The van der Waals surface area contributed by atoms with Crippen LogP contribution in [0.2, 0.25) is 5.02 Å². The van der Waals surface area contributed by atoms with Gasteiger partial charge in [-0.1, -0.05) is 34.5 Å². The number of alkyl halides is 1. The molecular weight excluding hydrogens is 322 g/mol. The van der Waals surface area contributed by atoms with E-state index in [4.69, 9.17) is 11.6 Å². The minimum absolute atomic E-state index is 0.0851. The van der Waals surface area contributed by atoms with Crippen molar-refractivity contribution < 1.29 is 4.79 Å². The Morgan fingerprint density at radius 3 is 2.94 bits per heavy atom. The van der Waals surface area contributed by atoms with Crippen molar-refractivity contribution in [1.29, 1.82) is 0 Å². The van der Waals surface area contributed by atoms with Gasteiger partial charge in [-0.2, -0.15) is 0 Å². The molecule has 1 aromatic rings. The minimum atomic E-state index is 0.0851. The van der Waals surface area contributed by atoms with Gasteiger partial charge in [0.15, 0.2) is 0 Å². The Balaban J connectivity index is 2.23. The highest BCUT2D eigenvalue weighted by Crippen LogP contribution is 2.32. The summed E-state index contributed by atoms with van der Waals surface area (Å²) in [5, 5.41) is 3.40. The summed E-state index contributed by atoms with van der Waals surface area (Å²) in [4.78, 5) is 15.1. The van der Waals surface area contributed by atoms with Gasteiger partial charge in [0.2, 0.25) is 0 Å². The van der Waals surface area contributed by atoms with E-state index in [9.17, 15) is 4.79 Å². The van der Waals surface area contributed by atoms with E-state index >= 15 is 0 Å². The number of nitrogens with zero attached hydrogens (tertiary/aromatic N) is 1. The first kappa shape index (κ1) is 13.4. The number of rotatable bonds is 2. The molecule has 1 aliphatic heterocycles. The average molecular weight is 337 g/mol. The predicted molar refractivity (Wildman–Crippen MR) is 76.5 cm³/mol. The lowest BCUT2D eigenvalue weighted by atomic mass is 10.1.